The van der Waals surface area contributed by atoms with E-state index in [0.29, 0.717) is 5.92 Å². The van der Waals surface area contributed by atoms with Gasteiger partial charge in [0, 0.05) is 41.5 Å². The lowest BCUT2D eigenvalue weighted by molar-refractivity contribution is -0.659. The molecule has 3 aromatic carbocycles. The zero-order valence-electron chi connectivity index (χ0n) is 20.1. The Hall–Kier alpha value is -3.37. The van der Waals surface area contributed by atoms with Gasteiger partial charge >= 0.3 is 0 Å². The molecular formula is C30H28NO3+. The fraction of sp³-hybridized carbons (Fsp3) is 0.300. The maximum Gasteiger partial charge on any atom is 0.228 e. The van der Waals surface area contributed by atoms with Crippen LogP contribution in [-0.2, 0) is 11.8 Å². The predicted octanol–water partition coefficient (Wildman–Crippen LogP) is 7.16. The lowest BCUT2D eigenvalue weighted by Crippen LogP contribution is -2.32. The van der Waals surface area contributed by atoms with Crippen molar-refractivity contribution < 1.29 is 18.5 Å². The first-order chi connectivity index (χ1) is 16.5. The summed E-state index contributed by atoms with van der Waals surface area (Å²) in [6, 6.07) is 13.3. The molecular weight excluding hydrogens is 422 g/mol. The summed E-state index contributed by atoms with van der Waals surface area (Å²) in [6.45, 7) is 8.19. The molecule has 0 atom stereocenters. The summed E-state index contributed by atoms with van der Waals surface area (Å²) in [6.07, 6.45) is 4.31. The standard InChI is InChI=1S/C30H28NO3/c1-16-13-17(2)30-26(18(16)3)29-28-22(7-10-31(29)4)27-21-6-5-20(19-8-11-32-12-9-19)14-23(21)33-24(27)15-25(28)34-30/h5-7,10,13-15,19H,8-9,11-12H2,1-4H3/q+1. The van der Waals surface area contributed by atoms with Crippen LogP contribution >= 0.6 is 0 Å². The van der Waals surface area contributed by atoms with E-state index in [0.717, 1.165) is 59.7 Å². The fourth-order valence-corrected chi connectivity index (χ4v) is 6.07. The monoisotopic (exact) mass is 450 g/mol. The van der Waals surface area contributed by atoms with Crippen LogP contribution in [0.25, 0.3) is 44.0 Å². The number of hydrogen-bond acceptors (Lipinski definition) is 3. The van der Waals surface area contributed by atoms with Gasteiger partial charge in [-0.25, -0.2) is 4.57 Å². The Labute approximate surface area is 198 Å². The van der Waals surface area contributed by atoms with Gasteiger partial charge in [-0.3, -0.25) is 0 Å². The second kappa shape index (κ2) is 7.07. The fourth-order valence-electron chi connectivity index (χ4n) is 6.07. The highest BCUT2D eigenvalue weighted by molar-refractivity contribution is 6.22. The molecule has 170 valence electrons. The number of pyridine rings is 1. The minimum absolute atomic E-state index is 0.540. The highest BCUT2D eigenvalue weighted by atomic mass is 16.5. The number of furan rings is 1. The highest BCUT2D eigenvalue weighted by Gasteiger charge is 2.32. The molecule has 0 saturated carbocycles. The molecule has 4 heterocycles. The van der Waals surface area contributed by atoms with E-state index < -0.39 is 0 Å². The van der Waals surface area contributed by atoms with Crippen molar-refractivity contribution in [1.82, 2.24) is 0 Å². The van der Waals surface area contributed by atoms with Crippen molar-refractivity contribution in [3.05, 3.63) is 64.8 Å². The first-order valence-electron chi connectivity index (χ1n) is 12.2. The SMILES string of the molecule is Cc1cc(C)c2c(c1C)-c1c3c(cc4oc5cc(C6CCOCC6)ccc5c4c3cc[n+]1C)O2. The van der Waals surface area contributed by atoms with E-state index in [9.17, 15) is 0 Å². The third-order valence-electron chi connectivity index (χ3n) is 7.97. The summed E-state index contributed by atoms with van der Waals surface area (Å²) in [4.78, 5) is 0. The summed E-state index contributed by atoms with van der Waals surface area (Å²) in [7, 11) is 2.13. The number of hydrogen-bond donors (Lipinski definition) is 0. The number of aryl methyl sites for hydroxylation is 3. The van der Waals surface area contributed by atoms with Crippen LogP contribution in [0.2, 0.25) is 0 Å². The highest BCUT2D eigenvalue weighted by Crippen LogP contribution is 2.51. The van der Waals surface area contributed by atoms with Crippen molar-refractivity contribution in [2.75, 3.05) is 13.2 Å². The molecule has 1 fully saturated rings. The van der Waals surface area contributed by atoms with E-state index in [1.807, 2.05) is 0 Å². The molecule has 2 aliphatic rings. The van der Waals surface area contributed by atoms with Gasteiger partial charge in [0.25, 0.3) is 0 Å². The van der Waals surface area contributed by atoms with Gasteiger partial charge in [0.05, 0.1) is 10.9 Å². The largest absolute Gasteiger partial charge is 0.456 e. The van der Waals surface area contributed by atoms with E-state index in [1.165, 1.54) is 44.1 Å². The van der Waals surface area contributed by atoms with Gasteiger partial charge in [-0.1, -0.05) is 18.2 Å². The van der Waals surface area contributed by atoms with Crippen molar-refractivity contribution in [3.63, 3.8) is 0 Å². The zero-order valence-corrected chi connectivity index (χ0v) is 20.1. The van der Waals surface area contributed by atoms with Crippen molar-refractivity contribution in [2.24, 2.45) is 7.05 Å². The Kier molecular flexibility index (Phi) is 4.16. The lowest BCUT2D eigenvalue weighted by atomic mass is 9.89. The number of nitrogens with zero attached hydrogens (tertiary/aromatic N) is 1. The Morgan fingerprint density at radius 3 is 2.50 bits per heavy atom. The van der Waals surface area contributed by atoms with Gasteiger partial charge in [-0.15, -0.1) is 0 Å². The van der Waals surface area contributed by atoms with Gasteiger partial charge in [0.2, 0.25) is 5.69 Å². The molecule has 2 aromatic heterocycles. The predicted molar refractivity (Wildman–Crippen MR) is 135 cm³/mol. The molecule has 0 unspecified atom stereocenters. The van der Waals surface area contributed by atoms with Crippen molar-refractivity contribution in [3.8, 4) is 22.8 Å². The Morgan fingerprint density at radius 1 is 0.853 bits per heavy atom. The maximum absolute atomic E-state index is 6.61. The average molecular weight is 451 g/mol. The van der Waals surface area contributed by atoms with Crippen molar-refractivity contribution >= 4 is 32.7 Å². The normalized spacial score (nSPS) is 15.8. The molecule has 5 aromatic rings. The molecule has 0 spiro atoms. The van der Waals surface area contributed by atoms with E-state index in [1.54, 1.807) is 0 Å². The first kappa shape index (κ1) is 20.0. The topological polar surface area (TPSA) is 35.5 Å². The van der Waals surface area contributed by atoms with Gasteiger partial charge < -0.3 is 13.9 Å². The Balaban J connectivity index is 1.54. The summed E-state index contributed by atoms with van der Waals surface area (Å²) >= 11 is 0. The molecule has 0 aliphatic carbocycles. The van der Waals surface area contributed by atoms with Gasteiger partial charge in [-0.2, -0.15) is 0 Å². The molecule has 34 heavy (non-hydrogen) atoms. The number of rotatable bonds is 1. The molecule has 2 aliphatic heterocycles. The first-order valence-corrected chi connectivity index (χ1v) is 12.2. The van der Waals surface area contributed by atoms with Gasteiger partial charge in [0.15, 0.2) is 6.20 Å². The van der Waals surface area contributed by atoms with Crippen molar-refractivity contribution in [1.29, 1.82) is 0 Å². The number of fused-ring (bicyclic) bond motifs is 6. The van der Waals surface area contributed by atoms with Gasteiger partial charge in [0.1, 0.15) is 29.7 Å². The summed E-state index contributed by atoms with van der Waals surface area (Å²) in [5, 5.41) is 4.68. The number of benzene rings is 3. The minimum Gasteiger partial charge on any atom is -0.456 e. The molecule has 4 nitrogen and oxygen atoms in total. The molecule has 0 radical (unpaired) electrons. The van der Waals surface area contributed by atoms with Crippen LogP contribution in [0.3, 0.4) is 0 Å². The molecule has 0 N–H and O–H groups in total. The van der Waals surface area contributed by atoms with Crippen LogP contribution in [0.1, 0.15) is 41.0 Å². The zero-order chi connectivity index (χ0) is 23.1. The average Bonchev–Trinajstić information content (AvgIpc) is 3.22. The van der Waals surface area contributed by atoms with Crippen molar-refractivity contribution in [2.45, 2.75) is 39.5 Å². The minimum atomic E-state index is 0.540. The third-order valence-corrected chi connectivity index (χ3v) is 7.97. The van der Waals surface area contributed by atoms with Crippen LogP contribution in [0, 0.1) is 20.8 Å². The molecule has 1 saturated heterocycles. The van der Waals surface area contributed by atoms with E-state index >= 15 is 0 Å². The van der Waals surface area contributed by atoms with E-state index in [4.69, 9.17) is 13.9 Å². The van der Waals surface area contributed by atoms with Crippen LogP contribution in [0.4, 0.5) is 0 Å². The number of ether oxygens (including phenoxy) is 2. The Morgan fingerprint density at radius 2 is 1.68 bits per heavy atom. The second-order valence-corrected chi connectivity index (χ2v) is 10.00. The molecule has 0 amide bonds. The lowest BCUT2D eigenvalue weighted by Gasteiger charge is -2.23. The van der Waals surface area contributed by atoms with Crippen LogP contribution < -0.4 is 9.30 Å². The molecule has 0 bridgehead atoms. The van der Waals surface area contributed by atoms with Crippen LogP contribution in [-0.4, -0.2) is 13.2 Å². The van der Waals surface area contributed by atoms with E-state index in [-0.39, 0.29) is 0 Å². The Bertz CT molecular complexity index is 1650. The summed E-state index contributed by atoms with van der Waals surface area (Å²) in [5.41, 5.74) is 9.31. The number of aromatic nitrogens is 1. The maximum atomic E-state index is 6.61. The quantitative estimate of drug-likeness (QED) is 0.249. The van der Waals surface area contributed by atoms with Crippen LogP contribution in [0.15, 0.2) is 47.0 Å². The second-order valence-electron chi connectivity index (χ2n) is 10.00. The molecule has 7 rings (SSSR count). The molecule has 4 heteroatoms. The smallest absolute Gasteiger partial charge is 0.228 e. The third kappa shape index (κ3) is 2.66. The van der Waals surface area contributed by atoms with E-state index in [2.05, 4.69) is 75.0 Å². The summed E-state index contributed by atoms with van der Waals surface area (Å²) in [5.74, 6) is 2.37. The van der Waals surface area contributed by atoms with Gasteiger partial charge in [-0.05, 0) is 67.9 Å². The summed E-state index contributed by atoms with van der Waals surface area (Å²) < 4.78 is 20.9. The van der Waals surface area contributed by atoms with Crippen LogP contribution in [0.5, 0.6) is 11.5 Å².